The van der Waals surface area contributed by atoms with E-state index in [-0.39, 0.29) is 16.6 Å². The zero-order valence-corrected chi connectivity index (χ0v) is 18.6. The number of hydrogen-bond donors (Lipinski definition) is 2. The lowest BCUT2D eigenvalue weighted by Crippen LogP contribution is -2.32. The summed E-state index contributed by atoms with van der Waals surface area (Å²) < 4.78 is 5.16. The van der Waals surface area contributed by atoms with Crippen molar-refractivity contribution in [3.63, 3.8) is 0 Å². The second-order valence-electron chi connectivity index (χ2n) is 7.36. The number of imide groups is 1. The molecule has 3 aromatic rings. The second kappa shape index (κ2) is 9.18. The number of rotatable bonds is 6. The summed E-state index contributed by atoms with van der Waals surface area (Å²) in [5.74, 6) is -0.811. The van der Waals surface area contributed by atoms with Crippen LogP contribution in [0.15, 0.2) is 83.5 Å². The molecule has 33 heavy (non-hydrogen) atoms. The van der Waals surface area contributed by atoms with Gasteiger partial charge in [-0.3, -0.25) is 14.4 Å². The highest BCUT2D eigenvalue weighted by Crippen LogP contribution is 2.30. The summed E-state index contributed by atoms with van der Waals surface area (Å²) in [5, 5.41) is 5.50. The number of carbonyl (C=O) groups is 3. The lowest BCUT2D eigenvalue weighted by molar-refractivity contribution is -0.120. The van der Waals surface area contributed by atoms with Gasteiger partial charge >= 0.3 is 0 Å². The standard InChI is InChI=1S/C25H20ClN3O4/c1-15-6-12-19(13-7-15)29-24(31)21(26)22(25(29)32)27-17-10-8-16(9-11-17)23(30)28-18-4-3-5-20(14-18)33-2/h3-14,27H,1-2H3,(H,28,30). The van der Waals surface area contributed by atoms with Crippen molar-refractivity contribution in [3.8, 4) is 5.75 Å². The van der Waals surface area contributed by atoms with Crippen LogP contribution in [0.2, 0.25) is 0 Å². The molecule has 0 fully saturated rings. The second-order valence-corrected chi connectivity index (χ2v) is 7.74. The van der Waals surface area contributed by atoms with Crippen molar-refractivity contribution in [1.29, 1.82) is 0 Å². The van der Waals surface area contributed by atoms with Gasteiger partial charge in [-0.15, -0.1) is 0 Å². The number of aryl methyl sites for hydroxylation is 1. The quantitative estimate of drug-likeness (QED) is 0.520. The molecule has 0 unspecified atom stereocenters. The SMILES string of the molecule is COc1cccc(NC(=O)c2ccc(NC3=C(Cl)C(=O)N(c4ccc(C)cc4)C3=O)cc2)c1. The fraction of sp³-hybridized carbons (Fsp3) is 0.0800. The third kappa shape index (κ3) is 4.58. The molecule has 8 heteroatoms. The molecule has 0 spiro atoms. The molecule has 1 aliphatic heterocycles. The summed E-state index contributed by atoms with van der Waals surface area (Å²) in [4.78, 5) is 39.0. The molecule has 0 aromatic heterocycles. The van der Waals surface area contributed by atoms with Gasteiger partial charge in [-0.1, -0.05) is 35.4 Å². The Morgan fingerprint density at radius 2 is 1.61 bits per heavy atom. The van der Waals surface area contributed by atoms with Gasteiger partial charge < -0.3 is 15.4 Å². The number of amides is 3. The van der Waals surface area contributed by atoms with Crippen LogP contribution < -0.4 is 20.3 Å². The molecule has 1 aliphatic rings. The normalized spacial score (nSPS) is 13.4. The van der Waals surface area contributed by atoms with E-state index in [4.69, 9.17) is 16.3 Å². The molecule has 3 amide bonds. The molecule has 7 nitrogen and oxygen atoms in total. The predicted octanol–water partition coefficient (Wildman–Crippen LogP) is 4.69. The van der Waals surface area contributed by atoms with E-state index in [1.54, 1.807) is 67.8 Å². The van der Waals surface area contributed by atoms with Crippen LogP contribution in [-0.4, -0.2) is 24.8 Å². The van der Waals surface area contributed by atoms with E-state index in [9.17, 15) is 14.4 Å². The number of halogens is 1. The summed E-state index contributed by atoms with van der Waals surface area (Å²) in [7, 11) is 1.55. The molecule has 0 aliphatic carbocycles. The number of anilines is 3. The molecule has 0 saturated heterocycles. The van der Waals surface area contributed by atoms with E-state index < -0.39 is 11.8 Å². The average Bonchev–Trinajstić information content (AvgIpc) is 3.03. The first-order valence-corrected chi connectivity index (χ1v) is 10.4. The number of hydrogen-bond acceptors (Lipinski definition) is 5. The van der Waals surface area contributed by atoms with Crippen LogP contribution in [0.4, 0.5) is 17.1 Å². The maximum atomic E-state index is 12.9. The number of nitrogens with one attached hydrogen (secondary N) is 2. The molecule has 2 N–H and O–H groups in total. The highest BCUT2D eigenvalue weighted by Gasteiger charge is 2.38. The minimum absolute atomic E-state index is 0.0178. The highest BCUT2D eigenvalue weighted by atomic mass is 35.5. The van der Waals surface area contributed by atoms with Gasteiger partial charge in [0, 0.05) is 23.0 Å². The third-order valence-corrected chi connectivity index (χ3v) is 5.41. The Morgan fingerprint density at radius 3 is 2.27 bits per heavy atom. The Hall–Kier alpha value is -4.10. The third-order valence-electron chi connectivity index (χ3n) is 5.06. The molecule has 4 rings (SSSR count). The van der Waals surface area contributed by atoms with Gasteiger partial charge in [0.1, 0.15) is 16.5 Å². The van der Waals surface area contributed by atoms with E-state index in [1.807, 2.05) is 19.1 Å². The van der Waals surface area contributed by atoms with Crippen molar-refractivity contribution in [2.24, 2.45) is 0 Å². The van der Waals surface area contributed by atoms with Crippen molar-refractivity contribution >= 4 is 46.4 Å². The van der Waals surface area contributed by atoms with Crippen LogP contribution in [0.1, 0.15) is 15.9 Å². The number of methoxy groups -OCH3 is 1. The number of benzene rings is 3. The van der Waals surface area contributed by atoms with Crippen LogP contribution in [-0.2, 0) is 9.59 Å². The van der Waals surface area contributed by atoms with Crippen LogP contribution in [0.3, 0.4) is 0 Å². The van der Waals surface area contributed by atoms with Crippen LogP contribution >= 0.6 is 11.6 Å². The zero-order chi connectivity index (χ0) is 23.5. The van der Waals surface area contributed by atoms with E-state index in [1.165, 1.54) is 0 Å². The van der Waals surface area contributed by atoms with Gasteiger partial charge in [0.15, 0.2) is 0 Å². The van der Waals surface area contributed by atoms with Crippen molar-refractivity contribution in [1.82, 2.24) is 0 Å². The Kier molecular flexibility index (Phi) is 6.15. The molecular formula is C25H20ClN3O4. The number of ether oxygens (including phenoxy) is 1. The van der Waals surface area contributed by atoms with Gasteiger partial charge in [-0.05, 0) is 55.5 Å². The van der Waals surface area contributed by atoms with E-state index in [0.29, 0.717) is 28.4 Å². The fourth-order valence-corrected chi connectivity index (χ4v) is 3.51. The van der Waals surface area contributed by atoms with Crippen LogP contribution in [0.5, 0.6) is 5.75 Å². The van der Waals surface area contributed by atoms with Crippen LogP contribution in [0, 0.1) is 6.92 Å². The van der Waals surface area contributed by atoms with Gasteiger partial charge in [-0.2, -0.15) is 0 Å². The predicted molar refractivity (Wildman–Crippen MR) is 128 cm³/mol. The fourth-order valence-electron chi connectivity index (χ4n) is 3.29. The van der Waals surface area contributed by atoms with Crippen molar-refractivity contribution in [3.05, 3.63) is 94.7 Å². The topological polar surface area (TPSA) is 87.7 Å². The lowest BCUT2D eigenvalue weighted by Gasteiger charge is -2.15. The maximum Gasteiger partial charge on any atom is 0.283 e. The molecule has 166 valence electrons. The molecule has 0 bridgehead atoms. The average molecular weight is 462 g/mol. The summed E-state index contributed by atoms with van der Waals surface area (Å²) in [5.41, 5.74) is 2.95. The first-order chi connectivity index (χ1) is 15.9. The Bertz CT molecular complexity index is 1270. The van der Waals surface area contributed by atoms with Crippen LogP contribution in [0.25, 0.3) is 0 Å². The van der Waals surface area contributed by atoms with Crippen molar-refractivity contribution in [2.75, 3.05) is 22.6 Å². The molecule has 0 saturated carbocycles. The summed E-state index contributed by atoms with van der Waals surface area (Å²) in [6, 6.07) is 20.5. The van der Waals surface area contributed by atoms with Gasteiger partial charge in [0.05, 0.1) is 12.8 Å². The summed E-state index contributed by atoms with van der Waals surface area (Å²) in [6.07, 6.45) is 0. The van der Waals surface area contributed by atoms with E-state index in [0.717, 1.165) is 10.5 Å². The monoisotopic (exact) mass is 461 g/mol. The first-order valence-electron chi connectivity index (χ1n) is 10.0. The Morgan fingerprint density at radius 1 is 0.909 bits per heavy atom. The Labute approximate surface area is 195 Å². The number of nitrogens with zero attached hydrogens (tertiary/aromatic N) is 1. The largest absolute Gasteiger partial charge is 0.497 e. The van der Waals surface area contributed by atoms with E-state index in [2.05, 4.69) is 10.6 Å². The summed E-state index contributed by atoms with van der Waals surface area (Å²) in [6.45, 7) is 1.91. The molecule has 3 aromatic carbocycles. The molecule has 0 atom stereocenters. The molecule has 0 radical (unpaired) electrons. The number of carbonyl (C=O) groups excluding carboxylic acids is 3. The van der Waals surface area contributed by atoms with Gasteiger partial charge in [0.2, 0.25) is 0 Å². The Balaban J connectivity index is 1.47. The molecule has 1 heterocycles. The highest BCUT2D eigenvalue weighted by molar-refractivity contribution is 6.53. The smallest absolute Gasteiger partial charge is 0.283 e. The van der Waals surface area contributed by atoms with E-state index >= 15 is 0 Å². The minimum Gasteiger partial charge on any atom is -0.497 e. The maximum absolute atomic E-state index is 12.9. The molecular weight excluding hydrogens is 442 g/mol. The van der Waals surface area contributed by atoms with Gasteiger partial charge in [-0.25, -0.2) is 4.90 Å². The summed E-state index contributed by atoms with van der Waals surface area (Å²) >= 11 is 6.18. The van der Waals surface area contributed by atoms with Crippen molar-refractivity contribution in [2.45, 2.75) is 6.92 Å². The van der Waals surface area contributed by atoms with Gasteiger partial charge in [0.25, 0.3) is 17.7 Å². The first kappa shape index (κ1) is 22.1. The zero-order valence-electron chi connectivity index (χ0n) is 17.9. The lowest BCUT2D eigenvalue weighted by atomic mass is 10.2. The minimum atomic E-state index is -0.595. The van der Waals surface area contributed by atoms with Crippen molar-refractivity contribution < 1.29 is 19.1 Å².